The summed E-state index contributed by atoms with van der Waals surface area (Å²) in [5.41, 5.74) is -2.88. The largest absolute Gasteiger partial charge is 0.468 e. The molecule has 1 fully saturated rings. The van der Waals surface area contributed by atoms with Crippen LogP contribution in [0.15, 0.2) is 24.3 Å². The van der Waals surface area contributed by atoms with E-state index in [1.54, 1.807) is 24.3 Å². The van der Waals surface area contributed by atoms with Gasteiger partial charge >= 0.3 is 17.9 Å². The number of carbonyl (C=O) groups excluding carboxylic acids is 5. The second-order valence-electron chi connectivity index (χ2n) is 8.01. The summed E-state index contributed by atoms with van der Waals surface area (Å²) < 4.78 is 14.7. The number of rotatable bonds is 3. The summed E-state index contributed by atoms with van der Waals surface area (Å²) >= 11 is 0. The lowest BCUT2D eigenvalue weighted by Crippen LogP contribution is -2.42. The first-order chi connectivity index (χ1) is 14.8. The number of ether oxygens (including phenoxy) is 3. The molecule has 0 aromatic heterocycles. The summed E-state index contributed by atoms with van der Waals surface area (Å²) in [6.45, 7) is 0. The van der Waals surface area contributed by atoms with E-state index in [0.717, 1.165) is 0 Å². The Hall–Kier alpha value is -2.77. The van der Waals surface area contributed by atoms with E-state index in [1.807, 2.05) is 0 Å². The van der Waals surface area contributed by atoms with Gasteiger partial charge < -0.3 is 14.2 Å². The van der Waals surface area contributed by atoms with Crippen molar-refractivity contribution in [2.24, 2.45) is 16.7 Å². The van der Waals surface area contributed by atoms with Crippen molar-refractivity contribution in [2.75, 3.05) is 21.3 Å². The highest BCUT2D eigenvalue weighted by molar-refractivity contribution is 6.06. The molecule has 2 atom stereocenters. The fourth-order valence-electron chi connectivity index (χ4n) is 4.64. The van der Waals surface area contributed by atoms with Gasteiger partial charge in [-0.05, 0) is 32.1 Å². The summed E-state index contributed by atoms with van der Waals surface area (Å²) in [4.78, 5) is 62.9. The number of fused-ring (bicyclic) bond motifs is 1. The van der Waals surface area contributed by atoms with Crippen LogP contribution in [0.5, 0.6) is 0 Å². The van der Waals surface area contributed by atoms with Crippen molar-refractivity contribution in [3.63, 3.8) is 0 Å². The molecule has 1 saturated carbocycles. The molecule has 31 heavy (non-hydrogen) atoms. The zero-order valence-electron chi connectivity index (χ0n) is 18.3. The highest BCUT2D eigenvalue weighted by Gasteiger charge is 2.55. The minimum absolute atomic E-state index is 0.0322. The molecule has 0 aromatic rings. The van der Waals surface area contributed by atoms with Crippen LogP contribution in [0, 0.1) is 16.7 Å². The summed E-state index contributed by atoms with van der Waals surface area (Å²) in [6.07, 6.45) is 8.08. The Labute approximate surface area is 182 Å². The second kappa shape index (κ2) is 10.5. The van der Waals surface area contributed by atoms with Crippen LogP contribution in [0.25, 0.3) is 0 Å². The van der Waals surface area contributed by atoms with Crippen LogP contribution < -0.4 is 0 Å². The average molecular weight is 434 g/mol. The van der Waals surface area contributed by atoms with Crippen LogP contribution in [0.3, 0.4) is 0 Å². The molecule has 0 N–H and O–H groups in total. The van der Waals surface area contributed by atoms with E-state index in [0.29, 0.717) is 6.42 Å². The van der Waals surface area contributed by atoms with E-state index in [-0.39, 0.29) is 62.4 Å². The summed E-state index contributed by atoms with van der Waals surface area (Å²) in [5.74, 6) is -2.77. The molecular weight excluding hydrogens is 404 g/mol. The first-order valence-corrected chi connectivity index (χ1v) is 10.4. The SMILES string of the molecule is COC(=O)C1(C(=O)OC)C/C=C/C=C\[C@H]2CCC(=O)[C@]2(C(=O)OC)CCC(=O)CCC1. The Morgan fingerprint density at radius 2 is 1.52 bits per heavy atom. The number of hydrogen-bond acceptors (Lipinski definition) is 8. The van der Waals surface area contributed by atoms with Gasteiger partial charge in [0.05, 0.1) is 21.3 Å². The molecule has 2 rings (SSSR count). The van der Waals surface area contributed by atoms with Gasteiger partial charge in [-0.1, -0.05) is 24.3 Å². The third-order valence-corrected chi connectivity index (χ3v) is 6.43. The Morgan fingerprint density at radius 3 is 2.13 bits per heavy atom. The van der Waals surface area contributed by atoms with Crippen molar-refractivity contribution in [2.45, 2.75) is 51.4 Å². The molecule has 2 aliphatic carbocycles. The van der Waals surface area contributed by atoms with Gasteiger partial charge in [0.25, 0.3) is 0 Å². The van der Waals surface area contributed by atoms with Crippen LogP contribution in [0.2, 0.25) is 0 Å². The minimum atomic E-state index is -1.53. The minimum Gasteiger partial charge on any atom is -0.468 e. The third-order valence-electron chi connectivity index (χ3n) is 6.43. The number of hydrogen-bond donors (Lipinski definition) is 0. The van der Waals surface area contributed by atoms with Gasteiger partial charge in [-0.2, -0.15) is 0 Å². The first kappa shape index (κ1) is 24.5. The Bertz CT molecular complexity index is 777. The third kappa shape index (κ3) is 4.78. The van der Waals surface area contributed by atoms with Crippen molar-refractivity contribution >= 4 is 29.5 Å². The molecule has 0 aromatic carbocycles. The maximum atomic E-state index is 12.7. The van der Waals surface area contributed by atoms with Crippen LogP contribution >= 0.6 is 0 Å². The van der Waals surface area contributed by atoms with Gasteiger partial charge in [-0.3, -0.25) is 24.0 Å². The van der Waals surface area contributed by atoms with Crippen molar-refractivity contribution in [1.29, 1.82) is 0 Å². The van der Waals surface area contributed by atoms with Crippen LogP contribution in [0.4, 0.5) is 0 Å². The van der Waals surface area contributed by atoms with E-state index in [2.05, 4.69) is 0 Å². The molecule has 0 heterocycles. The van der Waals surface area contributed by atoms with Gasteiger partial charge in [-0.25, -0.2) is 0 Å². The quantitative estimate of drug-likeness (QED) is 0.378. The zero-order valence-corrected chi connectivity index (χ0v) is 18.3. The summed E-state index contributed by atoms with van der Waals surface area (Å²) in [7, 11) is 3.66. The molecule has 0 bridgehead atoms. The number of ketones is 2. The molecule has 0 amide bonds. The first-order valence-electron chi connectivity index (χ1n) is 10.4. The Morgan fingerprint density at radius 1 is 0.871 bits per heavy atom. The Balaban J connectivity index is 2.42. The molecule has 8 nitrogen and oxygen atoms in total. The summed E-state index contributed by atoms with van der Waals surface area (Å²) in [6, 6.07) is 0. The van der Waals surface area contributed by atoms with Crippen LogP contribution in [-0.2, 0) is 38.2 Å². The number of esters is 3. The fraction of sp³-hybridized carbons (Fsp3) is 0.609. The molecule has 0 radical (unpaired) electrons. The molecule has 0 spiro atoms. The maximum absolute atomic E-state index is 12.7. The maximum Gasteiger partial charge on any atom is 0.323 e. The fourth-order valence-corrected chi connectivity index (χ4v) is 4.64. The molecule has 170 valence electrons. The van der Waals surface area contributed by atoms with Crippen molar-refractivity contribution in [3.8, 4) is 0 Å². The van der Waals surface area contributed by atoms with Crippen LogP contribution in [-0.4, -0.2) is 50.8 Å². The predicted octanol–water partition coefficient (Wildman–Crippen LogP) is 2.49. The topological polar surface area (TPSA) is 113 Å². The molecule has 2 aliphatic rings. The molecular formula is C23H30O8. The molecule has 8 heteroatoms. The van der Waals surface area contributed by atoms with Crippen molar-refractivity contribution < 1.29 is 38.2 Å². The monoisotopic (exact) mass is 434 g/mol. The average Bonchev–Trinajstić information content (AvgIpc) is 3.10. The van der Waals surface area contributed by atoms with E-state index in [1.165, 1.54) is 21.3 Å². The number of methoxy groups -OCH3 is 3. The van der Waals surface area contributed by atoms with E-state index >= 15 is 0 Å². The van der Waals surface area contributed by atoms with Gasteiger partial charge in [0.2, 0.25) is 0 Å². The molecule has 0 aliphatic heterocycles. The highest BCUT2D eigenvalue weighted by Crippen LogP contribution is 2.46. The van der Waals surface area contributed by atoms with Crippen molar-refractivity contribution in [3.05, 3.63) is 24.3 Å². The van der Waals surface area contributed by atoms with E-state index in [4.69, 9.17) is 14.2 Å². The number of Topliss-reactive ketones (excluding diaryl/α,β-unsaturated/α-hetero) is 2. The predicted molar refractivity (Wildman–Crippen MR) is 110 cm³/mol. The zero-order chi connectivity index (χ0) is 23.1. The van der Waals surface area contributed by atoms with E-state index in [9.17, 15) is 24.0 Å². The normalized spacial score (nSPS) is 28.5. The number of carbonyl (C=O) groups is 5. The highest BCUT2D eigenvalue weighted by atomic mass is 16.5. The second-order valence-corrected chi connectivity index (χ2v) is 8.01. The van der Waals surface area contributed by atoms with Crippen LogP contribution in [0.1, 0.15) is 51.4 Å². The molecule has 0 unspecified atom stereocenters. The lowest BCUT2D eigenvalue weighted by atomic mass is 9.72. The van der Waals surface area contributed by atoms with E-state index < -0.39 is 28.7 Å². The lowest BCUT2D eigenvalue weighted by Gasteiger charge is -2.30. The van der Waals surface area contributed by atoms with Crippen molar-refractivity contribution in [1.82, 2.24) is 0 Å². The summed E-state index contributed by atoms with van der Waals surface area (Å²) in [5, 5.41) is 0. The van der Waals surface area contributed by atoms with Gasteiger partial charge in [0, 0.05) is 25.2 Å². The Kier molecular flexibility index (Phi) is 8.30. The molecule has 0 saturated heterocycles. The standard InChI is InChI=1S/C23H30O8/c1-29-19(26)22(20(27)30-2)13-6-4-5-8-16-10-11-18(25)23(16,21(28)31-3)15-12-17(24)9-7-14-22/h4-6,8,16H,7,9-15H2,1-3H3/b6-4+,8-5-/t16-,23-/m0/s1. The lowest BCUT2D eigenvalue weighted by molar-refractivity contribution is -0.170. The van der Waals surface area contributed by atoms with Gasteiger partial charge in [0.15, 0.2) is 11.2 Å². The van der Waals surface area contributed by atoms with Gasteiger partial charge in [-0.15, -0.1) is 0 Å². The number of allylic oxidation sites excluding steroid dienone is 4. The van der Waals surface area contributed by atoms with Gasteiger partial charge in [0.1, 0.15) is 11.2 Å². The smallest absolute Gasteiger partial charge is 0.323 e.